The molecule has 0 saturated carbocycles. The van der Waals surface area contributed by atoms with Crippen molar-refractivity contribution in [1.29, 1.82) is 0 Å². The highest BCUT2D eigenvalue weighted by Gasteiger charge is 2.02. The monoisotopic (exact) mass is 231 g/mol. The highest BCUT2D eigenvalue weighted by Crippen LogP contribution is 2.20. The van der Waals surface area contributed by atoms with Gasteiger partial charge in [0.25, 0.3) is 0 Å². The summed E-state index contributed by atoms with van der Waals surface area (Å²) in [6.07, 6.45) is 0. The summed E-state index contributed by atoms with van der Waals surface area (Å²) in [4.78, 5) is 13.6. The Morgan fingerprint density at radius 1 is 1.35 bits per heavy atom. The minimum Gasteiger partial charge on any atom is -0.857 e. The average Bonchev–Trinajstić information content (AvgIpc) is 2.82. The number of hydrogen-bond donors (Lipinski definition) is 1. The molecular weight excluding hydrogens is 226 g/mol. The van der Waals surface area contributed by atoms with Gasteiger partial charge in [-0.2, -0.15) is 5.21 Å². The minimum absolute atomic E-state index is 0.182. The number of aromatic amines is 1. The number of rotatable bonds is 2. The molecule has 2 aromatic rings. The lowest BCUT2D eigenvalue weighted by Crippen LogP contribution is -2.39. The van der Waals surface area contributed by atoms with Gasteiger partial charge >= 0.3 is 0 Å². The van der Waals surface area contributed by atoms with Gasteiger partial charge in [-0.15, -0.1) is 10.2 Å². The van der Waals surface area contributed by atoms with E-state index >= 15 is 0 Å². The van der Waals surface area contributed by atoms with E-state index in [9.17, 15) is 15.0 Å². The number of aromatic nitrogens is 4. The van der Waals surface area contributed by atoms with Gasteiger partial charge in [-0.3, -0.25) is 4.99 Å². The van der Waals surface area contributed by atoms with Crippen molar-refractivity contribution in [2.75, 3.05) is 0 Å². The van der Waals surface area contributed by atoms with Crippen LogP contribution in [0.4, 0.5) is 5.69 Å². The number of carbonyl (C=O) groups is 1. The number of tetrazole rings is 1. The van der Waals surface area contributed by atoms with Crippen molar-refractivity contribution in [1.82, 2.24) is 20.6 Å². The van der Waals surface area contributed by atoms with Gasteiger partial charge in [0.2, 0.25) is 5.82 Å². The summed E-state index contributed by atoms with van der Waals surface area (Å²) in [6.45, 7) is 0. The molecule has 0 radical (unpaired) electrons. The summed E-state index contributed by atoms with van der Waals surface area (Å²) in [7, 11) is 0. The third-order valence-corrected chi connectivity index (χ3v) is 1.85. The molecule has 1 N–H and O–H groups in total. The fourth-order valence-corrected chi connectivity index (χ4v) is 1.16. The smallest absolute Gasteiger partial charge is 0.204 e. The number of nitrogens with zero attached hydrogens (tertiary/aromatic N) is 4. The summed E-state index contributed by atoms with van der Waals surface area (Å²) in [6, 6.07) is 6.20. The Morgan fingerprint density at radius 2 is 2.18 bits per heavy atom. The SMILES string of the molecule is O=C([O-])C([O-])=Nc1cccc(-c2nn[nH]n2)c1. The normalized spacial score (nSPS) is 11.4. The van der Waals surface area contributed by atoms with Crippen LogP contribution in [-0.4, -0.2) is 32.5 Å². The molecule has 2 rings (SSSR count). The molecule has 0 bridgehead atoms. The first-order chi connectivity index (χ1) is 8.16. The molecular formula is C9H5N5O3-2. The van der Waals surface area contributed by atoms with Crippen LogP contribution in [0.3, 0.4) is 0 Å². The van der Waals surface area contributed by atoms with Gasteiger partial charge in [-0.05, 0) is 17.3 Å². The van der Waals surface area contributed by atoms with E-state index in [1.807, 2.05) is 0 Å². The number of carboxylic acid groups (broad SMARTS) is 1. The van der Waals surface area contributed by atoms with Gasteiger partial charge in [-0.1, -0.05) is 12.1 Å². The molecule has 0 aliphatic heterocycles. The zero-order chi connectivity index (χ0) is 12.3. The van der Waals surface area contributed by atoms with Crippen LogP contribution >= 0.6 is 0 Å². The van der Waals surface area contributed by atoms with Crippen molar-refractivity contribution < 1.29 is 15.0 Å². The number of nitrogens with one attached hydrogen (secondary N) is 1. The maximum atomic E-state index is 10.8. The highest BCUT2D eigenvalue weighted by molar-refractivity contribution is 6.28. The van der Waals surface area contributed by atoms with Gasteiger partial charge < -0.3 is 15.0 Å². The van der Waals surface area contributed by atoms with Crippen molar-refractivity contribution in [3.05, 3.63) is 24.3 Å². The van der Waals surface area contributed by atoms with Crippen LogP contribution in [0.15, 0.2) is 29.3 Å². The number of H-pyrrole nitrogens is 1. The van der Waals surface area contributed by atoms with Gasteiger partial charge in [0, 0.05) is 11.5 Å². The molecule has 0 aliphatic rings. The Morgan fingerprint density at radius 3 is 2.82 bits per heavy atom. The van der Waals surface area contributed by atoms with E-state index < -0.39 is 11.9 Å². The maximum absolute atomic E-state index is 10.8. The Balaban J connectivity index is 2.36. The topological polar surface area (TPSA) is 130 Å². The first kappa shape index (κ1) is 10.7. The van der Waals surface area contributed by atoms with Crippen LogP contribution in [0.25, 0.3) is 11.4 Å². The lowest BCUT2D eigenvalue weighted by Gasteiger charge is -2.10. The fourth-order valence-electron chi connectivity index (χ4n) is 1.16. The third-order valence-electron chi connectivity index (χ3n) is 1.85. The number of carboxylic acids is 1. The molecule has 1 aromatic heterocycles. The van der Waals surface area contributed by atoms with Crippen LogP contribution in [0, 0.1) is 0 Å². The average molecular weight is 231 g/mol. The van der Waals surface area contributed by atoms with E-state index in [-0.39, 0.29) is 5.69 Å². The molecule has 0 unspecified atom stereocenters. The highest BCUT2D eigenvalue weighted by atomic mass is 16.4. The second-order valence-electron chi connectivity index (χ2n) is 2.99. The van der Waals surface area contributed by atoms with Crippen LogP contribution in [-0.2, 0) is 4.79 Å². The molecule has 17 heavy (non-hydrogen) atoms. The molecule has 0 spiro atoms. The second-order valence-corrected chi connectivity index (χ2v) is 2.99. The van der Waals surface area contributed by atoms with Crippen molar-refractivity contribution >= 4 is 17.6 Å². The van der Waals surface area contributed by atoms with Crippen LogP contribution in [0.1, 0.15) is 0 Å². The van der Waals surface area contributed by atoms with Crippen LogP contribution in [0.2, 0.25) is 0 Å². The van der Waals surface area contributed by atoms with Crippen molar-refractivity contribution in [2.24, 2.45) is 4.99 Å². The predicted octanol–water partition coefficient (Wildman–Crippen LogP) is -1.99. The first-order valence-corrected chi connectivity index (χ1v) is 4.48. The zero-order valence-corrected chi connectivity index (χ0v) is 8.32. The number of hydrogen-bond acceptors (Lipinski definition) is 7. The third kappa shape index (κ3) is 2.43. The second kappa shape index (κ2) is 4.39. The molecule has 0 aliphatic carbocycles. The van der Waals surface area contributed by atoms with Crippen molar-refractivity contribution in [3.63, 3.8) is 0 Å². The minimum atomic E-state index is -1.85. The molecule has 1 aromatic carbocycles. The maximum Gasteiger partial charge on any atom is 0.204 e. The molecule has 0 saturated heterocycles. The lowest BCUT2D eigenvalue weighted by atomic mass is 10.2. The van der Waals surface area contributed by atoms with Gasteiger partial charge in [-0.25, -0.2) is 0 Å². The van der Waals surface area contributed by atoms with E-state index in [4.69, 9.17) is 0 Å². The number of aliphatic imine (C=N–C) groups is 1. The van der Waals surface area contributed by atoms with Gasteiger partial charge in [0.15, 0.2) is 0 Å². The molecule has 8 heteroatoms. The molecule has 86 valence electrons. The van der Waals surface area contributed by atoms with Gasteiger partial charge in [0.1, 0.15) is 0 Å². The summed E-state index contributed by atoms with van der Waals surface area (Å²) in [5, 5.41) is 34.2. The van der Waals surface area contributed by atoms with E-state index in [1.165, 1.54) is 12.1 Å². The Bertz CT molecular complexity index is 564. The molecule has 0 atom stereocenters. The van der Waals surface area contributed by atoms with E-state index in [0.717, 1.165) is 0 Å². The van der Waals surface area contributed by atoms with Crippen LogP contribution < -0.4 is 10.2 Å². The Hall–Kier alpha value is -2.77. The summed E-state index contributed by atoms with van der Waals surface area (Å²) in [5.74, 6) is -2.87. The largest absolute Gasteiger partial charge is 0.857 e. The Kier molecular flexibility index (Phi) is 2.77. The summed E-state index contributed by atoms with van der Waals surface area (Å²) < 4.78 is 0. The van der Waals surface area contributed by atoms with E-state index in [1.54, 1.807) is 12.1 Å². The van der Waals surface area contributed by atoms with Crippen molar-refractivity contribution in [3.8, 4) is 11.4 Å². The molecule has 0 fully saturated rings. The molecule has 8 nitrogen and oxygen atoms in total. The zero-order valence-electron chi connectivity index (χ0n) is 8.32. The van der Waals surface area contributed by atoms with Crippen molar-refractivity contribution in [2.45, 2.75) is 0 Å². The quantitative estimate of drug-likeness (QED) is 0.470. The predicted molar refractivity (Wildman–Crippen MR) is 51.7 cm³/mol. The first-order valence-electron chi connectivity index (χ1n) is 4.48. The lowest BCUT2D eigenvalue weighted by molar-refractivity contribution is -0.312. The number of carbonyl (C=O) groups excluding carboxylic acids is 1. The Labute approximate surface area is 94.6 Å². The van der Waals surface area contributed by atoms with Crippen LogP contribution in [0.5, 0.6) is 0 Å². The fraction of sp³-hybridized carbons (Fsp3) is 0. The van der Waals surface area contributed by atoms with Gasteiger partial charge in [0.05, 0.1) is 11.7 Å². The van der Waals surface area contributed by atoms with E-state index in [2.05, 4.69) is 25.6 Å². The standard InChI is InChI=1S/C9H7N5O3/c15-8(9(16)17)10-6-3-1-2-5(4-6)7-11-13-14-12-7/h1-4H,(H,10,15)(H,16,17)(H,11,12,13,14)/p-2. The molecule has 1 heterocycles. The van der Waals surface area contributed by atoms with E-state index in [0.29, 0.717) is 11.4 Å². The number of benzene rings is 1. The summed E-state index contributed by atoms with van der Waals surface area (Å²) in [5.41, 5.74) is 0.743. The summed E-state index contributed by atoms with van der Waals surface area (Å²) >= 11 is 0. The number of aliphatic carboxylic acids is 1. The molecule has 0 amide bonds.